The van der Waals surface area contributed by atoms with Gasteiger partial charge < -0.3 is 14.1 Å². The third-order valence-electron chi connectivity index (χ3n) is 5.46. The highest BCUT2D eigenvalue weighted by atomic mass is 16.5. The van der Waals surface area contributed by atoms with E-state index >= 15 is 0 Å². The minimum absolute atomic E-state index is 0.0618. The summed E-state index contributed by atoms with van der Waals surface area (Å²) in [6.45, 7) is 4.81. The first-order chi connectivity index (χ1) is 14.5. The van der Waals surface area contributed by atoms with Crippen LogP contribution in [-0.2, 0) is 14.3 Å². The zero-order chi connectivity index (χ0) is 21.1. The van der Waals surface area contributed by atoms with Crippen molar-refractivity contribution in [2.45, 2.75) is 45.6 Å². The number of hydrogen-bond acceptors (Lipinski definition) is 5. The molecule has 3 aromatic rings. The number of amides is 1. The Kier molecular flexibility index (Phi) is 5.84. The van der Waals surface area contributed by atoms with Gasteiger partial charge in [-0.2, -0.15) is 0 Å². The molecule has 1 aliphatic heterocycles. The number of carbonyl (C=O) groups is 2. The summed E-state index contributed by atoms with van der Waals surface area (Å²) < 4.78 is 10.9. The first-order valence-electron chi connectivity index (χ1n) is 10.5. The maximum absolute atomic E-state index is 12.7. The molecule has 1 fully saturated rings. The summed E-state index contributed by atoms with van der Waals surface area (Å²) in [5.41, 5.74) is 4.93. The van der Waals surface area contributed by atoms with Gasteiger partial charge in [0.2, 0.25) is 11.8 Å². The Balaban J connectivity index is 1.53. The maximum Gasteiger partial charge on any atom is 0.306 e. The lowest BCUT2D eigenvalue weighted by atomic mass is 10.0. The van der Waals surface area contributed by atoms with E-state index in [9.17, 15) is 9.59 Å². The standard InChI is InChI=1S/C24H26N2O4/c1-3-29-23(28)12-11-22(27)26-13-5-8-20(26)24-25-19-15-18(9-10-21(19)30-24)17-7-4-6-16(2)14-17/h4,6-7,9-10,14-15,20H,3,5,8,11-13H2,1-2H3. The number of oxazole rings is 1. The van der Waals surface area contributed by atoms with E-state index in [4.69, 9.17) is 14.1 Å². The van der Waals surface area contributed by atoms with Crippen LogP contribution in [0.2, 0.25) is 0 Å². The van der Waals surface area contributed by atoms with E-state index in [1.165, 1.54) is 5.56 Å². The summed E-state index contributed by atoms with van der Waals surface area (Å²) in [6.07, 6.45) is 1.95. The predicted molar refractivity (Wildman–Crippen MR) is 114 cm³/mol. The van der Waals surface area contributed by atoms with Gasteiger partial charge in [0.15, 0.2) is 5.58 Å². The van der Waals surface area contributed by atoms with Crippen LogP contribution in [0.4, 0.5) is 0 Å². The Bertz CT molecular complexity index is 1070. The summed E-state index contributed by atoms with van der Waals surface area (Å²) in [7, 11) is 0. The molecule has 1 aromatic heterocycles. The van der Waals surface area contributed by atoms with Crippen LogP contribution in [0, 0.1) is 6.92 Å². The predicted octanol–water partition coefficient (Wildman–Crippen LogP) is 4.81. The van der Waals surface area contributed by atoms with Crippen molar-refractivity contribution in [3.63, 3.8) is 0 Å². The van der Waals surface area contributed by atoms with Gasteiger partial charge in [-0.3, -0.25) is 9.59 Å². The molecule has 1 amide bonds. The minimum atomic E-state index is -0.341. The highest BCUT2D eigenvalue weighted by molar-refractivity contribution is 5.83. The monoisotopic (exact) mass is 406 g/mol. The fraction of sp³-hybridized carbons (Fsp3) is 0.375. The van der Waals surface area contributed by atoms with Crippen molar-refractivity contribution in [1.82, 2.24) is 9.88 Å². The summed E-state index contributed by atoms with van der Waals surface area (Å²) in [5.74, 6) is 0.161. The van der Waals surface area contributed by atoms with E-state index in [-0.39, 0.29) is 30.8 Å². The van der Waals surface area contributed by atoms with Gasteiger partial charge in [0.1, 0.15) is 11.6 Å². The molecule has 0 aliphatic carbocycles. The SMILES string of the molecule is CCOC(=O)CCC(=O)N1CCCC1c1nc2cc(-c3cccc(C)c3)ccc2o1. The molecule has 30 heavy (non-hydrogen) atoms. The number of hydrogen-bond donors (Lipinski definition) is 0. The molecular formula is C24H26N2O4. The number of ether oxygens (including phenoxy) is 1. The third kappa shape index (κ3) is 4.22. The molecule has 0 N–H and O–H groups in total. The number of esters is 1. The highest BCUT2D eigenvalue weighted by Gasteiger charge is 2.33. The van der Waals surface area contributed by atoms with Crippen LogP contribution in [-0.4, -0.2) is 34.9 Å². The van der Waals surface area contributed by atoms with E-state index in [1.807, 2.05) is 24.3 Å². The quantitative estimate of drug-likeness (QED) is 0.549. The molecule has 0 bridgehead atoms. The molecular weight excluding hydrogens is 380 g/mol. The summed E-state index contributed by atoms with van der Waals surface area (Å²) in [4.78, 5) is 30.7. The number of likely N-dealkylation sites (tertiary alicyclic amines) is 1. The van der Waals surface area contributed by atoms with Crippen LogP contribution in [0.5, 0.6) is 0 Å². The Labute approximate surface area is 175 Å². The molecule has 1 unspecified atom stereocenters. The average molecular weight is 406 g/mol. The second kappa shape index (κ2) is 8.69. The van der Waals surface area contributed by atoms with Crippen LogP contribution in [0.25, 0.3) is 22.2 Å². The summed E-state index contributed by atoms with van der Waals surface area (Å²) >= 11 is 0. The molecule has 1 aliphatic rings. The van der Waals surface area contributed by atoms with Crippen molar-refractivity contribution in [3.8, 4) is 11.1 Å². The Morgan fingerprint density at radius 2 is 2.00 bits per heavy atom. The second-order valence-corrected chi connectivity index (χ2v) is 7.65. The first-order valence-corrected chi connectivity index (χ1v) is 10.5. The largest absolute Gasteiger partial charge is 0.466 e. The average Bonchev–Trinajstić information content (AvgIpc) is 3.38. The van der Waals surface area contributed by atoms with Crippen LogP contribution >= 0.6 is 0 Å². The molecule has 156 valence electrons. The third-order valence-corrected chi connectivity index (χ3v) is 5.46. The van der Waals surface area contributed by atoms with Crippen LogP contribution in [0.1, 0.15) is 50.1 Å². The lowest BCUT2D eigenvalue weighted by molar-refractivity contribution is -0.146. The summed E-state index contributed by atoms with van der Waals surface area (Å²) in [5, 5.41) is 0. The lowest BCUT2D eigenvalue weighted by Crippen LogP contribution is -2.31. The zero-order valence-corrected chi connectivity index (χ0v) is 17.4. The molecule has 2 heterocycles. The normalized spacial score (nSPS) is 16.2. The first kappa shape index (κ1) is 20.1. The molecule has 0 spiro atoms. The topological polar surface area (TPSA) is 72.6 Å². The molecule has 0 saturated carbocycles. The van der Waals surface area contributed by atoms with Crippen LogP contribution in [0.15, 0.2) is 46.9 Å². The van der Waals surface area contributed by atoms with Crippen LogP contribution < -0.4 is 0 Å². The summed E-state index contributed by atoms with van der Waals surface area (Å²) in [6, 6.07) is 14.1. The number of carbonyl (C=O) groups excluding carboxylic acids is 2. The van der Waals surface area contributed by atoms with Crippen molar-refractivity contribution in [2.75, 3.05) is 13.2 Å². The van der Waals surface area contributed by atoms with Crippen molar-refractivity contribution >= 4 is 23.0 Å². The Morgan fingerprint density at radius 3 is 2.80 bits per heavy atom. The van der Waals surface area contributed by atoms with Crippen molar-refractivity contribution < 1.29 is 18.7 Å². The van der Waals surface area contributed by atoms with E-state index in [0.29, 0.717) is 24.6 Å². The van der Waals surface area contributed by atoms with E-state index < -0.39 is 0 Å². The van der Waals surface area contributed by atoms with Gasteiger partial charge in [-0.1, -0.05) is 35.9 Å². The van der Waals surface area contributed by atoms with Gasteiger partial charge in [0.25, 0.3) is 0 Å². The molecule has 1 saturated heterocycles. The number of benzene rings is 2. The lowest BCUT2D eigenvalue weighted by Gasteiger charge is -2.22. The number of rotatable bonds is 6. The zero-order valence-electron chi connectivity index (χ0n) is 17.4. The van der Waals surface area contributed by atoms with Gasteiger partial charge >= 0.3 is 5.97 Å². The molecule has 2 aromatic carbocycles. The van der Waals surface area contributed by atoms with Gasteiger partial charge in [0, 0.05) is 13.0 Å². The smallest absolute Gasteiger partial charge is 0.306 e. The van der Waals surface area contributed by atoms with E-state index in [0.717, 1.165) is 29.5 Å². The number of fused-ring (bicyclic) bond motifs is 1. The molecule has 6 nitrogen and oxygen atoms in total. The second-order valence-electron chi connectivity index (χ2n) is 7.65. The van der Waals surface area contributed by atoms with E-state index in [2.05, 4.69) is 25.1 Å². The Hall–Kier alpha value is -3.15. The Morgan fingerprint density at radius 1 is 1.17 bits per heavy atom. The fourth-order valence-corrected chi connectivity index (χ4v) is 4.00. The van der Waals surface area contributed by atoms with Crippen molar-refractivity contribution in [3.05, 3.63) is 53.9 Å². The van der Waals surface area contributed by atoms with Crippen molar-refractivity contribution in [1.29, 1.82) is 0 Å². The fourth-order valence-electron chi connectivity index (χ4n) is 4.00. The van der Waals surface area contributed by atoms with Gasteiger partial charge in [0.05, 0.1) is 13.0 Å². The molecule has 4 rings (SSSR count). The highest BCUT2D eigenvalue weighted by Crippen LogP contribution is 2.35. The molecule has 6 heteroatoms. The number of aromatic nitrogens is 1. The van der Waals surface area contributed by atoms with Crippen molar-refractivity contribution in [2.24, 2.45) is 0 Å². The van der Waals surface area contributed by atoms with Gasteiger partial charge in [-0.15, -0.1) is 0 Å². The number of nitrogens with zero attached hydrogens (tertiary/aromatic N) is 2. The van der Waals surface area contributed by atoms with Gasteiger partial charge in [-0.25, -0.2) is 4.98 Å². The molecule has 1 atom stereocenters. The number of aryl methyl sites for hydroxylation is 1. The minimum Gasteiger partial charge on any atom is -0.466 e. The van der Waals surface area contributed by atoms with Crippen LogP contribution in [0.3, 0.4) is 0 Å². The van der Waals surface area contributed by atoms with E-state index in [1.54, 1.807) is 11.8 Å². The molecule has 0 radical (unpaired) electrons. The van der Waals surface area contributed by atoms with Gasteiger partial charge in [-0.05, 0) is 49.9 Å². The maximum atomic E-state index is 12.7.